The van der Waals surface area contributed by atoms with Crippen LogP contribution in [-0.2, 0) is 9.59 Å². The molecule has 0 unspecified atom stereocenters. The van der Waals surface area contributed by atoms with Crippen molar-refractivity contribution in [3.8, 4) is 11.5 Å². The summed E-state index contributed by atoms with van der Waals surface area (Å²) in [7, 11) is 3.21. The average Bonchev–Trinajstić information content (AvgIpc) is 2.85. The molecule has 2 aromatic carbocycles. The Hall–Kier alpha value is -3.68. The molecule has 2 aromatic rings. The van der Waals surface area contributed by atoms with Crippen molar-refractivity contribution in [3.63, 3.8) is 0 Å². The molecule has 0 radical (unpaired) electrons. The second-order valence-electron chi connectivity index (χ2n) is 7.49. The molecule has 0 aliphatic heterocycles. The van der Waals surface area contributed by atoms with E-state index in [9.17, 15) is 9.59 Å². The van der Waals surface area contributed by atoms with Crippen LogP contribution in [-0.4, -0.2) is 37.5 Å². The van der Waals surface area contributed by atoms with E-state index in [1.807, 2.05) is 62.4 Å². The molecule has 0 fully saturated rings. The minimum absolute atomic E-state index is 0.153. The number of amides is 2. The summed E-state index contributed by atoms with van der Waals surface area (Å²) in [5.41, 5.74) is 8.31. The molecule has 0 spiro atoms. The van der Waals surface area contributed by atoms with E-state index >= 15 is 0 Å². The second kappa shape index (κ2) is 13.7. The Morgan fingerprint density at radius 2 is 1.15 bits per heavy atom. The van der Waals surface area contributed by atoms with E-state index < -0.39 is 0 Å². The van der Waals surface area contributed by atoms with Gasteiger partial charge in [0.25, 0.3) is 0 Å². The average molecular weight is 453 g/mol. The van der Waals surface area contributed by atoms with Crippen LogP contribution in [0.3, 0.4) is 0 Å². The Morgan fingerprint density at radius 3 is 1.55 bits per heavy atom. The topological polar surface area (TPSA) is 101 Å². The fourth-order valence-corrected chi connectivity index (χ4v) is 2.98. The maximum absolute atomic E-state index is 12.0. The molecule has 0 atom stereocenters. The second-order valence-corrected chi connectivity index (χ2v) is 7.49. The van der Waals surface area contributed by atoms with E-state index in [0.29, 0.717) is 37.1 Å². The molecule has 8 heteroatoms. The number of carbonyl (C=O) groups is 2. The molecule has 8 nitrogen and oxygen atoms in total. The van der Waals surface area contributed by atoms with Crippen LogP contribution >= 0.6 is 0 Å². The predicted octanol–water partition coefficient (Wildman–Crippen LogP) is 4.03. The third-order valence-corrected chi connectivity index (χ3v) is 4.98. The van der Waals surface area contributed by atoms with Crippen molar-refractivity contribution < 1.29 is 19.1 Å². The number of benzene rings is 2. The molecule has 2 N–H and O–H groups in total. The van der Waals surface area contributed by atoms with Crippen LogP contribution in [0, 0.1) is 0 Å². The van der Waals surface area contributed by atoms with E-state index in [-0.39, 0.29) is 11.8 Å². The van der Waals surface area contributed by atoms with Crippen molar-refractivity contribution >= 4 is 23.2 Å². The molecule has 0 aromatic heterocycles. The molecule has 0 bridgehead atoms. The first kappa shape index (κ1) is 25.6. The summed E-state index contributed by atoms with van der Waals surface area (Å²) in [6.07, 6.45) is 2.82. The van der Waals surface area contributed by atoms with E-state index in [1.165, 1.54) is 0 Å². The normalized spacial score (nSPS) is 11.6. The lowest BCUT2D eigenvalue weighted by Crippen LogP contribution is -2.19. The summed E-state index contributed by atoms with van der Waals surface area (Å²) >= 11 is 0. The number of nitrogens with zero attached hydrogens (tertiary/aromatic N) is 2. The van der Waals surface area contributed by atoms with Crippen LogP contribution in [0.2, 0.25) is 0 Å². The first-order valence-corrected chi connectivity index (χ1v) is 10.9. The third-order valence-electron chi connectivity index (χ3n) is 4.98. The smallest absolute Gasteiger partial charge is 0.240 e. The Morgan fingerprint density at radius 1 is 0.727 bits per heavy atom. The summed E-state index contributed by atoms with van der Waals surface area (Å²) in [5.74, 6) is 1.16. The largest absolute Gasteiger partial charge is 0.497 e. The fraction of sp³-hybridized carbons (Fsp3) is 0.360. The number of hydrogen-bond acceptors (Lipinski definition) is 6. The zero-order chi connectivity index (χ0) is 24.1. The maximum atomic E-state index is 12.0. The molecule has 0 aliphatic carbocycles. The molecule has 0 aliphatic rings. The lowest BCUT2D eigenvalue weighted by molar-refractivity contribution is -0.121. The summed E-state index contributed by atoms with van der Waals surface area (Å²) < 4.78 is 10.4. The molecule has 33 heavy (non-hydrogen) atoms. The molecular weight excluding hydrogens is 420 g/mol. The SMILES string of the molecule is COc1cccc(/C(C)=N/NC(=O)CCCCCC(=O)N/N=C(\C)c2cccc(OC)c2)c1. The first-order chi connectivity index (χ1) is 15.9. The summed E-state index contributed by atoms with van der Waals surface area (Å²) in [6.45, 7) is 3.65. The van der Waals surface area contributed by atoms with Crippen molar-refractivity contribution in [2.45, 2.75) is 46.0 Å². The zero-order valence-corrected chi connectivity index (χ0v) is 19.7. The highest BCUT2D eigenvalue weighted by Crippen LogP contribution is 2.14. The van der Waals surface area contributed by atoms with E-state index in [0.717, 1.165) is 29.0 Å². The number of ether oxygens (including phenoxy) is 2. The Bertz CT molecular complexity index is 922. The summed E-state index contributed by atoms with van der Waals surface area (Å²) in [4.78, 5) is 24.0. The molecule has 2 rings (SSSR count). The van der Waals surface area contributed by atoms with E-state index in [4.69, 9.17) is 9.47 Å². The van der Waals surface area contributed by atoms with Gasteiger partial charge in [-0.15, -0.1) is 0 Å². The number of unbranched alkanes of at least 4 members (excludes halogenated alkanes) is 2. The molecule has 176 valence electrons. The molecule has 0 saturated carbocycles. The van der Waals surface area contributed by atoms with E-state index in [1.54, 1.807) is 14.2 Å². The highest BCUT2D eigenvalue weighted by molar-refractivity contribution is 6.00. The number of methoxy groups -OCH3 is 2. The van der Waals surface area contributed by atoms with Gasteiger partial charge in [0.15, 0.2) is 0 Å². The third kappa shape index (κ3) is 9.14. The molecule has 0 saturated heterocycles. The van der Waals surface area contributed by atoms with Crippen LogP contribution in [0.25, 0.3) is 0 Å². The van der Waals surface area contributed by atoms with Crippen molar-refractivity contribution in [2.24, 2.45) is 10.2 Å². The van der Waals surface area contributed by atoms with Gasteiger partial charge in [0.1, 0.15) is 11.5 Å². The van der Waals surface area contributed by atoms with Crippen LogP contribution in [0.1, 0.15) is 57.1 Å². The van der Waals surface area contributed by atoms with Crippen LogP contribution in [0.15, 0.2) is 58.7 Å². The zero-order valence-electron chi connectivity index (χ0n) is 19.7. The van der Waals surface area contributed by atoms with Crippen molar-refractivity contribution in [1.29, 1.82) is 0 Å². The maximum Gasteiger partial charge on any atom is 0.240 e. The Balaban J connectivity index is 1.65. The van der Waals surface area contributed by atoms with Crippen LogP contribution in [0.5, 0.6) is 11.5 Å². The molecule has 0 heterocycles. The standard InChI is InChI=1S/C25H32N4O4/c1-18(20-10-8-12-22(16-20)32-3)26-28-24(30)14-6-5-7-15-25(31)29-27-19(2)21-11-9-13-23(17-21)33-4/h8-13,16-17H,5-7,14-15H2,1-4H3,(H,28,30)(H,29,31)/b26-18+,27-19+. The number of hydrazone groups is 2. The number of hydrogen-bond donors (Lipinski definition) is 2. The van der Waals surface area contributed by atoms with Crippen molar-refractivity contribution in [3.05, 3.63) is 59.7 Å². The van der Waals surface area contributed by atoms with Gasteiger partial charge >= 0.3 is 0 Å². The minimum Gasteiger partial charge on any atom is -0.497 e. The van der Waals surface area contributed by atoms with Gasteiger partial charge in [-0.1, -0.05) is 30.7 Å². The quantitative estimate of drug-likeness (QED) is 0.288. The van der Waals surface area contributed by atoms with E-state index in [2.05, 4.69) is 21.1 Å². The highest BCUT2D eigenvalue weighted by atomic mass is 16.5. The van der Waals surface area contributed by atoms with Gasteiger partial charge < -0.3 is 9.47 Å². The van der Waals surface area contributed by atoms with Gasteiger partial charge in [-0.25, -0.2) is 10.9 Å². The van der Waals surface area contributed by atoms with Gasteiger partial charge in [-0.3, -0.25) is 9.59 Å². The fourth-order valence-electron chi connectivity index (χ4n) is 2.98. The Kier molecular flexibility index (Phi) is 10.6. The first-order valence-electron chi connectivity index (χ1n) is 10.9. The number of nitrogens with one attached hydrogen (secondary N) is 2. The van der Waals surface area contributed by atoms with Gasteiger partial charge in [0.05, 0.1) is 25.6 Å². The number of carbonyl (C=O) groups excluding carboxylic acids is 2. The molecule has 2 amide bonds. The monoisotopic (exact) mass is 452 g/mol. The van der Waals surface area contributed by atoms with Crippen molar-refractivity contribution in [1.82, 2.24) is 10.9 Å². The Labute approximate surface area is 195 Å². The summed E-state index contributed by atoms with van der Waals surface area (Å²) in [6, 6.07) is 15.0. The highest BCUT2D eigenvalue weighted by Gasteiger charge is 2.05. The lowest BCUT2D eigenvalue weighted by Gasteiger charge is -2.06. The number of rotatable bonds is 12. The minimum atomic E-state index is -0.153. The molecular formula is C25H32N4O4. The summed E-state index contributed by atoms with van der Waals surface area (Å²) in [5, 5.41) is 8.30. The van der Waals surface area contributed by atoms with Gasteiger partial charge in [0, 0.05) is 24.0 Å². The predicted molar refractivity (Wildman–Crippen MR) is 130 cm³/mol. The lowest BCUT2D eigenvalue weighted by atomic mass is 10.1. The van der Waals surface area contributed by atoms with Gasteiger partial charge in [-0.05, 0) is 51.0 Å². The van der Waals surface area contributed by atoms with Gasteiger partial charge in [0.2, 0.25) is 11.8 Å². The van der Waals surface area contributed by atoms with Crippen LogP contribution in [0.4, 0.5) is 0 Å². The van der Waals surface area contributed by atoms with Crippen molar-refractivity contribution in [2.75, 3.05) is 14.2 Å². The van der Waals surface area contributed by atoms with Gasteiger partial charge in [-0.2, -0.15) is 10.2 Å². The van der Waals surface area contributed by atoms with Crippen LogP contribution < -0.4 is 20.3 Å².